The molecule has 6 heteroatoms. The maximum absolute atomic E-state index is 11.4. The molecule has 0 radical (unpaired) electrons. The predicted octanol–water partition coefficient (Wildman–Crippen LogP) is 1.92. The topological polar surface area (TPSA) is 58.5 Å². The van der Waals surface area contributed by atoms with E-state index in [1.165, 1.54) is 12.8 Å². The van der Waals surface area contributed by atoms with Crippen molar-refractivity contribution in [2.24, 2.45) is 10.9 Å². The third-order valence-corrected chi connectivity index (χ3v) is 6.42. The van der Waals surface area contributed by atoms with Crippen molar-refractivity contribution in [2.75, 3.05) is 24.6 Å². The van der Waals surface area contributed by atoms with Crippen molar-refractivity contribution in [3.63, 3.8) is 0 Å². The van der Waals surface area contributed by atoms with Crippen LogP contribution in [0.3, 0.4) is 0 Å². The highest BCUT2D eigenvalue weighted by Crippen LogP contribution is 2.30. The Balaban J connectivity index is 2.30. The summed E-state index contributed by atoms with van der Waals surface area (Å²) >= 11 is 1.77. The largest absolute Gasteiger partial charge is 0.364 e. The van der Waals surface area contributed by atoms with Crippen molar-refractivity contribution in [1.82, 2.24) is 5.32 Å². The van der Waals surface area contributed by atoms with Crippen LogP contribution >= 0.6 is 11.8 Å². The van der Waals surface area contributed by atoms with Crippen LogP contribution in [0.1, 0.15) is 33.6 Å². The van der Waals surface area contributed by atoms with E-state index in [9.17, 15) is 8.42 Å². The van der Waals surface area contributed by atoms with Gasteiger partial charge in [0, 0.05) is 17.5 Å². The molecule has 1 aliphatic heterocycles. The highest BCUT2D eigenvalue weighted by atomic mass is 32.2. The van der Waals surface area contributed by atoms with E-state index in [4.69, 9.17) is 0 Å². The summed E-state index contributed by atoms with van der Waals surface area (Å²) in [5, 5.41) is 4.61. The molecule has 0 saturated carbocycles. The van der Waals surface area contributed by atoms with Gasteiger partial charge in [-0.05, 0) is 5.92 Å². The lowest BCUT2D eigenvalue weighted by atomic mass is 9.99. The van der Waals surface area contributed by atoms with Gasteiger partial charge in [-0.15, -0.1) is 0 Å². The summed E-state index contributed by atoms with van der Waals surface area (Å²) in [7, 11) is -2.88. The summed E-state index contributed by atoms with van der Waals surface area (Å²) in [6.45, 7) is 7.44. The number of sulfone groups is 1. The maximum Gasteiger partial charge on any atom is 0.156 e. The molecule has 1 aliphatic rings. The Hall–Kier alpha value is -0.230. The van der Waals surface area contributed by atoms with Gasteiger partial charge in [-0.2, -0.15) is 0 Å². The summed E-state index contributed by atoms with van der Waals surface area (Å²) in [5.41, 5.74) is 0. The number of nitrogens with one attached hydrogen (secondary N) is 1. The average molecular weight is 292 g/mol. The van der Waals surface area contributed by atoms with Crippen molar-refractivity contribution in [3.8, 4) is 0 Å². The van der Waals surface area contributed by atoms with Gasteiger partial charge in [-0.3, -0.25) is 4.99 Å². The number of hydrogen-bond acceptors (Lipinski definition) is 5. The molecule has 0 aliphatic carbocycles. The summed E-state index contributed by atoms with van der Waals surface area (Å²) in [6, 6.07) is 0. The van der Waals surface area contributed by atoms with Crippen molar-refractivity contribution in [1.29, 1.82) is 0 Å². The first-order valence-electron chi connectivity index (χ1n) is 6.67. The van der Waals surface area contributed by atoms with E-state index < -0.39 is 9.84 Å². The lowest BCUT2D eigenvalue weighted by Gasteiger charge is -2.18. The van der Waals surface area contributed by atoms with Crippen LogP contribution in [0.4, 0.5) is 0 Å². The van der Waals surface area contributed by atoms with Gasteiger partial charge < -0.3 is 5.32 Å². The van der Waals surface area contributed by atoms with Gasteiger partial charge in [0.2, 0.25) is 0 Å². The molecule has 0 aromatic heterocycles. The van der Waals surface area contributed by atoms with Crippen LogP contribution < -0.4 is 5.32 Å². The fourth-order valence-corrected chi connectivity index (χ4v) is 4.06. The van der Waals surface area contributed by atoms with Gasteiger partial charge in [-0.1, -0.05) is 45.4 Å². The molecule has 106 valence electrons. The third-order valence-electron chi connectivity index (χ3n) is 3.38. The molecular weight excluding hydrogens is 268 g/mol. The minimum Gasteiger partial charge on any atom is -0.364 e. The molecule has 1 rings (SSSR count). The van der Waals surface area contributed by atoms with E-state index in [0.717, 1.165) is 11.7 Å². The smallest absolute Gasteiger partial charge is 0.156 e. The van der Waals surface area contributed by atoms with E-state index >= 15 is 0 Å². The Morgan fingerprint density at radius 2 is 2.06 bits per heavy atom. The lowest BCUT2D eigenvalue weighted by molar-refractivity contribution is 0.479. The SMILES string of the molecule is CCC(CC)C1CN=C(NCCS(=O)(=O)CC)S1. The molecular formula is C12H24N2O2S2. The van der Waals surface area contributed by atoms with Crippen LogP contribution in [0.5, 0.6) is 0 Å². The normalized spacial score (nSPS) is 20.2. The second-order valence-corrected chi connectivity index (χ2v) is 8.24. The first kappa shape index (κ1) is 15.8. The summed E-state index contributed by atoms with van der Waals surface area (Å²) < 4.78 is 22.7. The summed E-state index contributed by atoms with van der Waals surface area (Å²) in [5.74, 6) is 1.11. The Morgan fingerprint density at radius 3 is 2.61 bits per heavy atom. The van der Waals surface area contributed by atoms with Gasteiger partial charge in [0.25, 0.3) is 0 Å². The van der Waals surface area contributed by atoms with Crippen molar-refractivity contribution in [3.05, 3.63) is 0 Å². The fraction of sp³-hybridized carbons (Fsp3) is 0.917. The second kappa shape index (κ2) is 7.38. The third kappa shape index (κ3) is 4.80. The highest BCUT2D eigenvalue weighted by molar-refractivity contribution is 8.14. The van der Waals surface area contributed by atoms with E-state index in [0.29, 0.717) is 17.7 Å². The highest BCUT2D eigenvalue weighted by Gasteiger charge is 2.25. The molecule has 18 heavy (non-hydrogen) atoms. The number of aliphatic imine (C=N–C) groups is 1. The number of amidine groups is 1. The van der Waals surface area contributed by atoms with Crippen LogP contribution in [-0.4, -0.2) is 43.4 Å². The molecule has 1 N–H and O–H groups in total. The van der Waals surface area contributed by atoms with Crippen LogP contribution in [-0.2, 0) is 9.84 Å². The van der Waals surface area contributed by atoms with Gasteiger partial charge in [-0.25, -0.2) is 8.42 Å². The fourth-order valence-electron chi connectivity index (χ4n) is 2.01. The number of thioether (sulfide) groups is 1. The zero-order valence-electron chi connectivity index (χ0n) is 11.5. The minimum absolute atomic E-state index is 0.193. The van der Waals surface area contributed by atoms with E-state index in [-0.39, 0.29) is 11.5 Å². The standard InChI is InChI=1S/C12H24N2O2S2/c1-4-10(5-2)11-9-14-12(17-11)13-7-8-18(15,16)6-3/h10-11H,4-9H2,1-3H3,(H,13,14). The Kier molecular flexibility index (Phi) is 6.49. The first-order valence-corrected chi connectivity index (χ1v) is 9.37. The first-order chi connectivity index (χ1) is 8.52. The zero-order chi connectivity index (χ0) is 13.6. The molecule has 0 bridgehead atoms. The molecule has 0 amide bonds. The molecule has 0 saturated heterocycles. The maximum atomic E-state index is 11.4. The van der Waals surface area contributed by atoms with E-state index in [2.05, 4.69) is 24.2 Å². The average Bonchev–Trinajstić information content (AvgIpc) is 2.79. The van der Waals surface area contributed by atoms with Crippen LogP contribution in [0, 0.1) is 5.92 Å². The van der Waals surface area contributed by atoms with Gasteiger partial charge >= 0.3 is 0 Å². The quantitative estimate of drug-likeness (QED) is 0.779. The monoisotopic (exact) mass is 292 g/mol. The molecule has 0 aromatic rings. The second-order valence-electron chi connectivity index (χ2n) is 4.54. The van der Waals surface area contributed by atoms with E-state index in [1.54, 1.807) is 18.7 Å². The Morgan fingerprint density at radius 1 is 1.39 bits per heavy atom. The van der Waals surface area contributed by atoms with Crippen molar-refractivity contribution in [2.45, 2.75) is 38.9 Å². The zero-order valence-corrected chi connectivity index (χ0v) is 13.1. The number of nitrogens with zero attached hydrogens (tertiary/aromatic N) is 1. The number of hydrogen-bond donors (Lipinski definition) is 1. The van der Waals surface area contributed by atoms with Gasteiger partial charge in [0.1, 0.15) is 0 Å². The molecule has 4 nitrogen and oxygen atoms in total. The van der Waals surface area contributed by atoms with Crippen LogP contribution in [0.15, 0.2) is 4.99 Å². The minimum atomic E-state index is -2.88. The molecule has 1 atom stereocenters. The van der Waals surface area contributed by atoms with Gasteiger partial charge in [0.05, 0.1) is 12.3 Å². The van der Waals surface area contributed by atoms with E-state index in [1.807, 2.05) is 0 Å². The Bertz CT molecular complexity index is 376. The molecule has 0 spiro atoms. The van der Waals surface area contributed by atoms with Gasteiger partial charge in [0.15, 0.2) is 15.0 Å². The summed E-state index contributed by atoms with van der Waals surface area (Å²) in [4.78, 5) is 4.45. The van der Waals surface area contributed by atoms with Crippen LogP contribution in [0.25, 0.3) is 0 Å². The number of rotatable bonds is 7. The Labute approximate surface area is 115 Å². The van der Waals surface area contributed by atoms with Crippen molar-refractivity contribution < 1.29 is 8.42 Å². The lowest BCUT2D eigenvalue weighted by Crippen LogP contribution is -2.27. The predicted molar refractivity (Wildman–Crippen MR) is 80.1 cm³/mol. The molecule has 1 heterocycles. The van der Waals surface area contributed by atoms with Crippen LogP contribution in [0.2, 0.25) is 0 Å². The molecule has 1 unspecified atom stereocenters. The molecule has 0 aromatic carbocycles. The van der Waals surface area contributed by atoms with Crippen molar-refractivity contribution >= 4 is 26.8 Å². The molecule has 0 fully saturated rings. The summed E-state index contributed by atoms with van der Waals surface area (Å²) in [6.07, 6.45) is 2.36.